The maximum Gasteiger partial charge on any atom is 0.169 e. The molecular weight excluding hydrogens is 293 g/mol. The lowest BCUT2D eigenvalue weighted by Gasteiger charge is -2.18. The van der Waals surface area contributed by atoms with E-state index in [1.165, 1.54) is 6.07 Å². The largest absolute Gasteiger partial charge is 0.490 e. The van der Waals surface area contributed by atoms with Gasteiger partial charge >= 0.3 is 0 Å². The molecule has 0 aromatic heterocycles. The van der Waals surface area contributed by atoms with E-state index in [0.717, 1.165) is 6.42 Å². The summed E-state index contributed by atoms with van der Waals surface area (Å²) in [4.78, 5) is 0. The van der Waals surface area contributed by atoms with Crippen LogP contribution in [0.2, 0.25) is 0 Å². The summed E-state index contributed by atoms with van der Waals surface area (Å²) < 4.78 is 25.2. The monoisotopic (exact) mass is 305 g/mol. The lowest BCUT2D eigenvalue weighted by Crippen LogP contribution is -2.18. The second-order valence-electron chi connectivity index (χ2n) is 3.75. The lowest BCUT2D eigenvalue weighted by molar-refractivity contribution is 0.256. The van der Waals surface area contributed by atoms with Gasteiger partial charge in [0.2, 0.25) is 0 Å². The van der Waals surface area contributed by atoms with Crippen molar-refractivity contribution in [3.8, 4) is 11.5 Å². The number of benzene rings is 1. The van der Waals surface area contributed by atoms with Crippen LogP contribution < -0.4 is 15.2 Å². The van der Waals surface area contributed by atoms with Crippen LogP contribution >= 0.6 is 15.9 Å². The zero-order valence-corrected chi connectivity index (χ0v) is 10.7. The smallest absolute Gasteiger partial charge is 0.169 e. The highest BCUT2D eigenvalue weighted by atomic mass is 79.9. The van der Waals surface area contributed by atoms with E-state index in [1.54, 1.807) is 0 Å². The number of ether oxygens (including phenoxy) is 2. The molecule has 1 aromatic carbocycles. The molecule has 1 aliphatic heterocycles. The Labute approximate surface area is 107 Å². The van der Waals surface area contributed by atoms with Crippen LogP contribution in [0, 0.1) is 5.82 Å². The minimum absolute atomic E-state index is 0.152. The first-order valence-corrected chi connectivity index (χ1v) is 6.08. The van der Waals surface area contributed by atoms with Crippen LogP contribution in [0.1, 0.15) is 18.0 Å². The average Bonchev–Trinajstić information content (AvgIpc) is 2.55. The van der Waals surface area contributed by atoms with Crippen molar-refractivity contribution in [2.45, 2.75) is 12.5 Å². The number of hydrogen-bond acceptors (Lipinski definition) is 4. The third-order valence-corrected chi connectivity index (χ3v) is 3.11. The summed E-state index contributed by atoms with van der Waals surface area (Å²) in [5.41, 5.74) is 5.84. The van der Waals surface area contributed by atoms with Gasteiger partial charge in [-0.2, -0.15) is 0 Å². The molecule has 4 nitrogen and oxygen atoms in total. The number of aliphatic hydroxyl groups is 1. The van der Waals surface area contributed by atoms with Crippen LogP contribution in [0.4, 0.5) is 4.39 Å². The Bertz CT molecular complexity index is 428. The third kappa shape index (κ3) is 2.38. The molecule has 0 saturated carbocycles. The number of hydrogen-bond donors (Lipinski definition) is 2. The molecule has 1 aromatic rings. The third-order valence-electron chi connectivity index (χ3n) is 2.53. The van der Waals surface area contributed by atoms with E-state index in [4.69, 9.17) is 20.3 Å². The van der Waals surface area contributed by atoms with Gasteiger partial charge in [-0.15, -0.1) is 0 Å². The molecule has 0 bridgehead atoms. The summed E-state index contributed by atoms with van der Waals surface area (Å²) in [5.74, 6) is 0.232. The predicted octanol–water partition coefficient (Wildman–Crippen LogP) is 1.74. The predicted molar refractivity (Wildman–Crippen MR) is 63.7 cm³/mol. The number of nitrogens with two attached hydrogens (primary N) is 1. The van der Waals surface area contributed by atoms with E-state index in [9.17, 15) is 4.39 Å². The summed E-state index contributed by atoms with van der Waals surface area (Å²) in [6, 6.07) is 0.687. The topological polar surface area (TPSA) is 64.7 Å². The first-order valence-electron chi connectivity index (χ1n) is 5.29. The number of rotatable bonds is 2. The summed E-state index contributed by atoms with van der Waals surface area (Å²) in [6.07, 6.45) is 0.724. The van der Waals surface area contributed by atoms with Gasteiger partial charge in [0.15, 0.2) is 11.5 Å². The Hall–Kier alpha value is -0.850. The van der Waals surface area contributed by atoms with Gasteiger partial charge in [0.1, 0.15) is 5.82 Å². The van der Waals surface area contributed by atoms with Crippen LogP contribution in [0.5, 0.6) is 11.5 Å². The Morgan fingerprint density at radius 3 is 2.88 bits per heavy atom. The van der Waals surface area contributed by atoms with Crippen molar-refractivity contribution in [1.29, 1.82) is 0 Å². The van der Waals surface area contributed by atoms with Crippen molar-refractivity contribution >= 4 is 15.9 Å². The molecular formula is C11H13BrFNO3. The number of halogens is 2. The van der Waals surface area contributed by atoms with Crippen LogP contribution in [0.15, 0.2) is 10.5 Å². The van der Waals surface area contributed by atoms with Gasteiger partial charge in [-0.05, 0) is 15.9 Å². The van der Waals surface area contributed by atoms with Crippen LogP contribution in [-0.2, 0) is 0 Å². The molecule has 0 spiro atoms. The Kier molecular flexibility index (Phi) is 3.86. The maximum atomic E-state index is 14.0. The molecule has 0 fully saturated rings. The summed E-state index contributed by atoms with van der Waals surface area (Å²) >= 11 is 3.10. The summed E-state index contributed by atoms with van der Waals surface area (Å²) in [7, 11) is 0. The highest BCUT2D eigenvalue weighted by Gasteiger charge is 2.25. The molecule has 3 N–H and O–H groups in total. The summed E-state index contributed by atoms with van der Waals surface area (Å²) in [6.45, 7) is 0.598. The first kappa shape index (κ1) is 12.6. The minimum atomic E-state index is -0.831. The molecule has 0 aliphatic carbocycles. The molecule has 1 atom stereocenters. The molecule has 0 amide bonds. The molecule has 6 heteroatoms. The molecule has 0 radical (unpaired) electrons. The molecule has 17 heavy (non-hydrogen) atoms. The van der Waals surface area contributed by atoms with Crippen LogP contribution in [0.25, 0.3) is 0 Å². The Morgan fingerprint density at radius 1 is 1.47 bits per heavy atom. The van der Waals surface area contributed by atoms with Gasteiger partial charge in [-0.3, -0.25) is 0 Å². The van der Waals surface area contributed by atoms with E-state index in [2.05, 4.69) is 15.9 Å². The minimum Gasteiger partial charge on any atom is -0.490 e. The van der Waals surface area contributed by atoms with Gasteiger partial charge in [0.25, 0.3) is 0 Å². The van der Waals surface area contributed by atoms with Crippen molar-refractivity contribution in [2.75, 3.05) is 19.8 Å². The van der Waals surface area contributed by atoms with E-state index in [-0.39, 0.29) is 16.6 Å². The number of fused-ring (bicyclic) bond motifs is 1. The fourth-order valence-electron chi connectivity index (χ4n) is 1.70. The van der Waals surface area contributed by atoms with E-state index < -0.39 is 11.9 Å². The van der Waals surface area contributed by atoms with Crippen molar-refractivity contribution in [1.82, 2.24) is 0 Å². The second-order valence-corrected chi connectivity index (χ2v) is 4.61. The SMILES string of the molecule is NC(CO)c1c(F)c(Br)cc2c1OCCCO2. The molecule has 1 aliphatic rings. The molecule has 94 valence electrons. The van der Waals surface area contributed by atoms with Crippen LogP contribution in [-0.4, -0.2) is 24.9 Å². The standard InChI is InChI=1S/C11H13BrFNO3/c12-6-4-8-11(17-3-1-2-16-8)9(10(6)13)7(14)5-15/h4,7,15H,1-3,5,14H2. The van der Waals surface area contributed by atoms with E-state index in [1.807, 2.05) is 0 Å². The highest BCUT2D eigenvalue weighted by molar-refractivity contribution is 9.10. The fraction of sp³-hybridized carbons (Fsp3) is 0.455. The number of aliphatic hydroxyl groups excluding tert-OH is 1. The fourth-order valence-corrected chi connectivity index (χ4v) is 2.12. The van der Waals surface area contributed by atoms with Gasteiger partial charge in [0.05, 0.1) is 35.9 Å². The highest BCUT2D eigenvalue weighted by Crippen LogP contribution is 2.41. The van der Waals surface area contributed by atoms with Crippen molar-refractivity contribution in [3.63, 3.8) is 0 Å². The zero-order chi connectivity index (χ0) is 12.4. The van der Waals surface area contributed by atoms with Crippen LogP contribution in [0.3, 0.4) is 0 Å². The van der Waals surface area contributed by atoms with Crippen molar-refractivity contribution in [3.05, 3.63) is 21.9 Å². The van der Waals surface area contributed by atoms with Crippen molar-refractivity contribution in [2.24, 2.45) is 5.73 Å². The zero-order valence-electron chi connectivity index (χ0n) is 9.08. The van der Waals surface area contributed by atoms with E-state index >= 15 is 0 Å². The molecule has 1 heterocycles. The lowest BCUT2D eigenvalue weighted by atomic mass is 10.1. The van der Waals surface area contributed by atoms with Gasteiger partial charge < -0.3 is 20.3 Å². The van der Waals surface area contributed by atoms with Crippen molar-refractivity contribution < 1.29 is 19.0 Å². The molecule has 2 rings (SSSR count). The Morgan fingerprint density at radius 2 is 2.18 bits per heavy atom. The van der Waals surface area contributed by atoms with E-state index in [0.29, 0.717) is 24.7 Å². The Balaban J connectivity index is 2.57. The van der Waals surface area contributed by atoms with Gasteiger partial charge in [-0.1, -0.05) is 0 Å². The maximum absolute atomic E-state index is 14.0. The quantitative estimate of drug-likeness (QED) is 0.873. The molecule has 1 unspecified atom stereocenters. The second kappa shape index (κ2) is 5.20. The first-order chi connectivity index (χ1) is 8.15. The summed E-state index contributed by atoms with van der Waals surface area (Å²) in [5, 5.41) is 9.07. The average molecular weight is 306 g/mol. The van der Waals surface area contributed by atoms with Gasteiger partial charge in [-0.25, -0.2) is 4.39 Å². The van der Waals surface area contributed by atoms with Gasteiger partial charge in [0, 0.05) is 12.5 Å². The molecule has 0 saturated heterocycles. The normalized spacial score (nSPS) is 16.5.